The Morgan fingerprint density at radius 1 is 1.47 bits per heavy atom. The molecule has 1 N–H and O–H groups in total. The zero-order valence-electron chi connectivity index (χ0n) is 10.5. The van der Waals surface area contributed by atoms with Crippen LogP contribution in [-0.4, -0.2) is 14.7 Å². The average Bonchev–Trinajstić information content (AvgIpc) is 2.70. The van der Waals surface area contributed by atoms with Crippen LogP contribution >= 0.6 is 11.6 Å². The van der Waals surface area contributed by atoms with Gasteiger partial charge in [-0.15, -0.1) is 5.10 Å². The topological polar surface area (TPSA) is 73.0 Å². The van der Waals surface area contributed by atoms with Gasteiger partial charge in [0.2, 0.25) is 5.82 Å². The molecule has 0 bridgehead atoms. The van der Waals surface area contributed by atoms with Gasteiger partial charge in [-0.3, -0.25) is 14.8 Å². The molecule has 19 heavy (non-hydrogen) atoms. The van der Waals surface area contributed by atoms with E-state index in [2.05, 4.69) is 10.4 Å². The highest BCUT2D eigenvalue weighted by Crippen LogP contribution is 2.29. The van der Waals surface area contributed by atoms with Crippen molar-refractivity contribution in [3.8, 4) is 0 Å². The molecule has 100 valence electrons. The first-order valence-electron chi connectivity index (χ1n) is 5.68. The van der Waals surface area contributed by atoms with Gasteiger partial charge in [-0.1, -0.05) is 29.8 Å². The molecule has 0 saturated heterocycles. The second kappa shape index (κ2) is 5.27. The highest BCUT2D eigenvalue weighted by molar-refractivity contribution is 6.31. The summed E-state index contributed by atoms with van der Waals surface area (Å²) in [6.07, 6.45) is 1.36. The van der Waals surface area contributed by atoms with Crippen LogP contribution in [0.5, 0.6) is 0 Å². The maximum absolute atomic E-state index is 10.9. The van der Waals surface area contributed by atoms with Crippen LogP contribution in [0.4, 0.5) is 11.5 Å². The molecule has 0 aliphatic heterocycles. The fraction of sp³-hybridized carbons (Fsp3) is 0.250. The lowest BCUT2D eigenvalue weighted by Crippen LogP contribution is -2.09. The zero-order chi connectivity index (χ0) is 14.0. The van der Waals surface area contributed by atoms with Gasteiger partial charge >= 0.3 is 5.69 Å². The van der Waals surface area contributed by atoms with Crippen LogP contribution in [0.15, 0.2) is 30.5 Å². The van der Waals surface area contributed by atoms with Crippen molar-refractivity contribution in [2.45, 2.75) is 13.0 Å². The summed E-state index contributed by atoms with van der Waals surface area (Å²) in [7, 11) is 1.64. The number of anilines is 1. The molecule has 7 heteroatoms. The quantitative estimate of drug-likeness (QED) is 0.690. The first kappa shape index (κ1) is 13.4. The number of nitrogens with one attached hydrogen (secondary N) is 1. The van der Waals surface area contributed by atoms with Crippen LogP contribution in [0, 0.1) is 10.1 Å². The Labute approximate surface area is 115 Å². The number of aryl methyl sites for hydroxylation is 1. The number of hydrogen-bond acceptors (Lipinski definition) is 4. The van der Waals surface area contributed by atoms with Crippen LogP contribution in [0.3, 0.4) is 0 Å². The number of nitro groups is 1. The van der Waals surface area contributed by atoms with E-state index in [0.29, 0.717) is 5.02 Å². The molecule has 6 nitrogen and oxygen atoms in total. The molecule has 2 rings (SSSR count). The van der Waals surface area contributed by atoms with Gasteiger partial charge in [0.25, 0.3) is 0 Å². The van der Waals surface area contributed by atoms with E-state index in [1.54, 1.807) is 13.1 Å². The molecule has 0 aliphatic carbocycles. The average molecular weight is 281 g/mol. The van der Waals surface area contributed by atoms with Crippen molar-refractivity contribution < 1.29 is 4.92 Å². The minimum Gasteiger partial charge on any atom is -0.356 e. The Morgan fingerprint density at radius 3 is 2.79 bits per heavy atom. The van der Waals surface area contributed by atoms with E-state index in [1.165, 1.54) is 10.9 Å². The highest BCUT2D eigenvalue weighted by Gasteiger charge is 2.21. The van der Waals surface area contributed by atoms with Gasteiger partial charge in [0.1, 0.15) is 6.20 Å². The SMILES string of the molecule is CC(Nc1nn(C)cc1[N+](=O)[O-])c1ccccc1Cl. The number of aromatic nitrogens is 2. The van der Waals surface area contributed by atoms with Crippen LogP contribution in [0.2, 0.25) is 5.02 Å². The number of nitrogens with zero attached hydrogens (tertiary/aromatic N) is 3. The third-order valence-corrected chi connectivity index (χ3v) is 3.08. The first-order valence-corrected chi connectivity index (χ1v) is 6.06. The Hall–Kier alpha value is -2.08. The van der Waals surface area contributed by atoms with Crippen LogP contribution in [0.1, 0.15) is 18.5 Å². The molecular weight excluding hydrogens is 268 g/mol. The second-order valence-electron chi connectivity index (χ2n) is 4.18. The predicted octanol–water partition coefficient (Wildman–Crippen LogP) is 3.15. The lowest BCUT2D eigenvalue weighted by Gasteiger charge is -2.14. The Morgan fingerprint density at radius 2 is 2.16 bits per heavy atom. The summed E-state index contributed by atoms with van der Waals surface area (Å²) in [4.78, 5) is 10.4. The predicted molar refractivity (Wildman–Crippen MR) is 73.4 cm³/mol. The lowest BCUT2D eigenvalue weighted by atomic mass is 10.1. The van der Waals surface area contributed by atoms with Gasteiger partial charge in [-0.05, 0) is 18.6 Å². The summed E-state index contributed by atoms with van der Waals surface area (Å²) >= 11 is 6.09. The maximum atomic E-state index is 10.9. The van der Waals surface area contributed by atoms with Gasteiger partial charge in [0, 0.05) is 12.1 Å². The summed E-state index contributed by atoms with van der Waals surface area (Å²) in [5.74, 6) is 0.236. The largest absolute Gasteiger partial charge is 0.356 e. The standard InChI is InChI=1S/C12H13ClN4O2/c1-8(9-5-3-4-6-10(9)13)14-12-11(17(18)19)7-16(2)15-12/h3-8H,1-2H3,(H,14,15). The van der Waals surface area contributed by atoms with Crippen molar-refractivity contribution in [3.63, 3.8) is 0 Å². The smallest absolute Gasteiger partial charge is 0.330 e. The van der Waals surface area contributed by atoms with Crippen molar-refractivity contribution >= 4 is 23.1 Å². The van der Waals surface area contributed by atoms with E-state index in [0.717, 1.165) is 5.56 Å². The van der Waals surface area contributed by atoms with Gasteiger partial charge in [-0.2, -0.15) is 0 Å². The van der Waals surface area contributed by atoms with Gasteiger partial charge in [0.05, 0.1) is 11.0 Å². The molecule has 0 amide bonds. The molecule has 0 radical (unpaired) electrons. The van der Waals surface area contributed by atoms with Crippen molar-refractivity contribution in [2.24, 2.45) is 7.05 Å². The molecule has 2 aromatic rings. The highest BCUT2D eigenvalue weighted by atomic mass is 35.5. The second-order valence-corrected chi connectivity index (χ2v) is 4.59. The van der Waals surface area contributed by atoms with E-state index in [9.17, 15) is 10.1 Å². The zero-order valence-corrected chi connectivity index (χ0v) is 11.3. The van der Waals surface area contributed by atoms with E-state index in [4.69, 9.17) is 11.6 Å². The van der Waals surface area contributed by atoms with Crippen LogP contribution in [0.25, 0.3) is 0 Å². The molecular formula is C12H13ClN4O2. The summed E-state index contributed by atoms with van der Waals surface area (Å²) in [6, 6.07) is 7.17. The van der Waals surface area contributed by atoms with Crippen LogP contribution < -0.4 is 5.32 Å². The normalized spacial score (nSPS) is 12.2. The van der Waals surface area contributed by atoms with Crippen molar-refractivity contribution in [1.82, 2.24) is 9.78 Å². The van der Waals surface area contributed by atoms with Gasteiger partial charge in [-0.25, -0.2) is 0 Å². The molecule has 1 aromatic carbocycles. The molecule has 1 atom stereocenters. The van der Waals surface area contributed by atoms with E-state index < -0.39 is 4.92 Å². The molecule has 0 saturated carbocycles. The monoisotopic (exact) mass is 280 g/mol. The Bertz CT molecular complexity index is 612. The Kier molecular flexibility index (Phi) is 3.71. The van der Waals surface area contributed by atoms with E-state index in [-0.39, 0.29) is 17.5 Å². The maximum Gasteiger partial charge on any atom is 0.330 e. The fourth-order valence-corrected chi connectivity index (χ4v) is 2.12. The molecule has 1 unspecified atom stereocenters. The molecule has 1 heterocycles. The molecule has 0 spiro atoms. The third kappa shape index (κ3) is 2.85. The number of benzene rings is 1. The minimum absolute atomic E-state index is 0.0543. The fourth-order valence-electron chi connectivity index (χ4n) is 1.82. The lowest BCUT2D eigenvalue weighted by molar-refractivity contribution is -0.384. The summed E-state index contributed by atoms with van der Waals surface area (Å²) in [6.45, 7) is 1.87. The molecule has 0 fully saturated rings. The summed E-state index contributed by atoms with van der Waals surface area (Å²) in [5.41, 5.74) is 0.811. The molecule has 0 aliphatic rings. The number of hydrogen-bond donors (Lipinski definition) is 1. The molecule has 1 aromatic heterocycles. The first-order chi connectivity index (χ1) is 8.99. The van der Waals surface area contributed by atoms with Gasteiger partial charge in [0.15, 0.2) is 0 Å². The van der Waals surface area contributed by atoms with Crippen molar-refractivity contribution in [2.75, 3.05) is 5.32 Å². The van der Waals surface area contributed by atoms with Crippen molar-refractivity contribution in [3.05, 3.63) is 51.2 Å². The van der Waals surface area contributed by atoms with E-state index in [1.807, 2.05) is 25.1 Å². The summed E-state index contributed by atoms with van der Waals surface area (Å²) < 4.78 is 1.40. The van der Waals surface area contributed by atoms with Crippen LogP contribution in [-0.2, 0) is 7.05 Å². The Balaban J connectivity index is 2.27. The number of halogens is 1. The van der Waals surface area contributed by atoms with Crippen molar-refractivity contribution in [1.29, 1.82) is 0 Å². The third-order valence-electron chi connectivity index (χ3n) is 2.73. The van der Waals surface area contributed by atoms with Gasteiger partial charge < -0.3 is 5.32 Å². The van der Waals surface area contributed by atoms with E-state index >= 15 is 0 Å². The number of rotatable bonds is 4. The summed E-state index contributed by atoms with van der Waals surface area (Å²) in [5, 5.41) is 18.6. The minimum atomic E-state index is -0.464.